The van der Waals surface area contributed by atoms with Gasteiger partial charge < -0.3 is 4.42 Å². The lowest BCUT2D eigenvalue weighted by molar-refractivity contribution is 0.525. The van der Waals surface area contributed by atoms with Gasteiger partial charge in [-0.3, -0.25) is 4.99 Å². The Morgan fingerprint density at radius 3 is 2.91 bits per heavy atom. The van der Waals surface area contributed by atoms with Gasteiger partial charge in [-0.2, -0.15) is 0 Å². The highest BCUT2D eigenvalue weighted by atomic mass is 16.3. The van der Waals surface area contributed by atoms with Gasteiger partial charge >= 0.3 is 0 Å². The summed E-state index contributed by atoms with van der Waals surface area (Å²) in [5.41, 5.74) is 0.986. The van der Waals surface area contributed by atoms with Crippen molar-refractivity contribution >= 4 is 12.3 Å². The normalized spacial score (nSPS) is 10.7. The van der Waals surface area contributed by atoms with Crippen LogP contribution in [0.1, 0.15) is 17.1 Å². The lowest BCUT2D eigenvalue weighted by Gasteiger charge is -1.85. The molecule has 0 aliphatic heterocycles. The first-order valence-electron chi connectivity index (χ1n) is 3.43. The Hall–Kier alpha value is -1.31. The molecule has 1 aromatic rings. The standard InChI is InChI=1S/C9H11NO/c1-4-9-8(6-10-3)5-7(2)11-9/h4-6H,1H2,2-3H3. The van der Waals surface area contributed by atoms with Gasteiger partial charge in [-0.15, -0.1) is 0 Å². The van der Waals surface area contributed by atoms with E-state index in [0.717, 1.165) is 17.1 Å². The van der Waals surface area contributed by atoms with Crippen molar-refractivity contribution in [3.63, 3.8) is 0 Å². The molecule has 0 spiro atoms. The molecule has 0 aliphatic carbocycles. The second-order valence-corrected chi connectivity index (χ2v) is 2.27. The Kier molecular flexibility index (Phi) is 2.26. The van der Waals surface area contributed by atoms with Gasteiger partial charge in [-0.05, 0) is 19.1 Å². The monoisotopic (exact) mass is 149 g/mol. The van der Waals surface area contributed by atoms with Crippen LogP contribution < -0.4 is 0 Å². The van der Waals surface area contributed by atoms with Crippen LogP contribution in [0.4, 0.5) is 0 Å². The van der Waals surface area contributed by atoms with Gasteiger partial charge in [0.05, 0.1) is 0 Å². The van der Waals surface area contributed by atoms with Gasteiger partial charge in [0.2, 0.25) is 0 Å². The van der Waals surface area contributed by atoms with Crippen LogP contribution in [-0.4, -0.2) is 13.3 Å². The van der Waals surface area contributed by atoms with Gasteiger partial charge in [0.15, 0.2) is 0 Å². The number of aryl methyl sites for hydroxylation is 1. The zero-order valence-corrected chi connectivity index (χ0v) is 6.79. The molecule has 0 unspecified atom stereocenters. The Labute approximate surface area is 66.3 Å². The molecule has 0 aromatic carbocycles. The first-order valence-corrected chi connectivity index (χ1v) is 3.43. The van der Waals surface area contributed by atoms with Crippen LogP contribution in [0.15, 0.2) is 22.1 Å². The summed E-state index contributed by atoms with van der Waals surface area (Å²) >= 11 is 0. The number of hydrogen-bond acceptors (Lipinski definition) is 2. The fraction of sp³-hybridized carbons (Fsp3) is 0.222. The van der Waals surface area contributed by atoms with E-state index in [0.29, 0.717) is 0 Å². The molecule has 0 radical (unpaired) electrons. The highest BCUT2D eigenvalue weighted by molar-refractivity contribution is 5.84. The van der Waals surface area contributed by atoms with Gasteiger partial charge in [-0.1, -0.05) is 6.58 Å². The summed E-state index contributed by atoms with van der Waals surface area (Å²) in [5, 5.41) is 0. The average Bonchev–Trinajstić information content (AvgIpc) is 2.32. The van der Waals surface area contributed by atoms with E-state index in [1.54, 1.807) is 19.3 Å². The summed E-state index contributed by atoms with van der Waals surface area (Å²) < 4.78 is 5.31. The molecule has 1 heterocycles. The Bertz CT molecular complexity index is 284. The molecule has 2 nitrogen and oxygen atoms in total. The second-order valence-electron chi connectivity index (χ2n) is 2.27. The number of nitrogens with zero attached hydrogens (tertiary/aromatic N) is 1. The molecule has 0 aliphatic rings. The molecule has 0 N–H and O–H groups in total. The van der Waals surface area contributed by atoms with Crippen LogP contribution in [0.2, 0.25) is 0 Å². The summed E-state index contributed by atoms with van der Waals surface area (Å²) in [4.78, 5) is 3.90. The van der Waals surface area contributed by atoms with Gasteiger partial charge in [0.25, 0.3) is 0 Å². The molecule has 1 aromatic heterocycles. The van der Waals surface area contributed by atoms with E-state index in [9.17, 15) is 0 Å². The predicted octanol–water partition coefficient (Wildman–Crippen LogP) is 2.28. The van der Waals surface area contributed by atoms with E-state index < -0.39 is 0 Å². The predicted molar refractivity (Wildman–Crippen MR) is 47.1 cm³/mol. The molecule has 0 bridgehead atoms. The van der Waals surface area contributed by atoms with Crippen molar-refractivity contribution in [1.29, 1.82) is 0 Å². The summed E-state index contributed by atoms with van der Waals surface area (Å²) in [7, 11) is 1.73. The molecule has 0 saturated carbocycles. The van der Waals surface area contributed by atoms with Crippen molar-refractivity contribution in [2.75, 3.05) is 7.05 Å². The van der Waals surface area contributed by atoms with E-state index in [-0.39, 0.29) is 0 Å². The summed E-state index contributed by atoms with van der Waals surface area (Å²) in [6.45, 7) is 5.53. The van der Waals surface area contributed by atoms with Crippen molar-refractivity contribution in [3.8, 4) is 0 Å². The maximum Gasteiger partial charge on any atom is 0.135 e. The number of aliphatic imine (C=N–C) groups is 1. The van der Waals surface area contributed by atoms with Crippen molar-refractivity contribution in [2.24, 2.45) is 4.99 Å². The third-order valence-electron chi connectivity index (χ3n) is 1.37. The number of hydrogen-bond donors (Lipinski definition) is 0. The summed E-state index contributed by atoms with van der Waals surface area (Å²) in [6.07, 6.45) is 3.44. The van der Waals surface area contributed by atoms with E-state index in [4.69, 9.17) is 4.42 Å². The third kappa shape index (κ3) is 1.58. The first-order chi connectivity index (χ1) is 5.27. The molecule has 0 atom stereocenters. The molecular formula is C9H11NO. The van der Waals surface area contributed by atoms with Crippen molar-refractivity contribution in [1.82, 2.24) is 0 Å². The van der Waals surface area contributed by atoms with Crippen molar-refractivity contribution < 1.29 is 4.42 Å². The summed E-state index contributed by atoms with van der Waals surface area (Å²) in [5.74, 6) is 1.67. The Morgan fingerprint density at radius 1 is 1.64 bits per heavy atom. The molecule has 2 heteroatoms. The first kappa shape index (κ1) is 7.79. The SMILES string of the molecule is C=Cc1oc(C)cc1C=NC. The molecule has 0 saturated heterocycles. The van der Waals surface area contributed by atoms with Crippen LogP contribution >= 0.6 is 0 Å². The number of rotatable bonds is 2. The summed E-state index contributed by atoms with van der Waals surface area (Å²) in [6, 6.07) is 1.93. The number of furan rings is 1. The lowest BCUT2D eigenvalue weighted by atomic mass is 10.2. The topological polar surface area (TPSA) is 25.5 Å². The van der Waals surface area contributed by atoms with Crippen molar-refractivity contribution in [3.05, 3.63) is 29.7 Å². The molecule has 58 valence electrons. The van der Waals surface area contributed by atoms with Crippen LogP contribution in [0, 0.1) is 6.92 Å². The minimum atomic E-state index is 0.785. The third-order valence-corrected chi connectivity index (χ3v) is 1.37. The van der Waals surface area contributed by atoms with Crippen LogP contribution in [0.5, 0.6) is 0 Å². The fourth-order valence-corrected chi connectivity index (χ4v) is 0.951. The molecule has 0 amide bonds. The second kappa shape index (κ2) is 3.19. The van der Waals surface area contributed by atoms with E-state index in [1.165, 1.54) is 0 Å². The lowest BCUT2D eigenvalue weighted by Crippen LogP contribution is -1.77. The minimum Gasteiger partial charge on any atom is -0.461 e. The minimum absolute atomic E-state index is 0.785. The largest absolute Gasteiger partial charge is 0.461 e. The van der Waals surface area contributed by atoms with Crippen LogP contribution in [-0.2, 0) is 0 Å². The smallest absolute Gasteiger partial charge is 0.135 e. The van der Waals surface area contributed by atoms with Gasteiger partial charge in [0, 0.05) is 18.8 Å². The quantitative estimate of drug-likeness (QED) is 0.592. The van der Waals surface area contributed by atoms with Gasteiger partial charge in [-0.25, -0.2) is 0 Å². The van der Waals surface area contributed by atoms with E-state index >= 15 is 0 Å². The molecule has 11 heavy (non-hydrogen) atoms. The zero-order chi connectivity index (χ0) is 8.27. The van der Waals surface area contributed by atoms with Crippen LogP contribution in [0.25, 0.3) is 6.08 Å². The molecular weight excluding hydrogens is 138 g/mol. The maximum absolute atomic E-state index is 5.31. The highest BCUT2D eigenvalue weighted by Gasteiger charge is 2.01. The fourth-order valence-electron chi connectivity index (χ4n) is 0.951. The Morgan fingerprint density at radius 2 is 2.36 bits per heavy atom. The Balaban J connectivity index is 3.11. The highest BCUT2D eigenvalue weighted by Crippen LogP contribution is 2.13. The maximum atomic E-state index is 5.31. The molecule has 0 fully saturated rings. The van der Waals surface area contributed by atoms with Crippen molar-refractivity contribution in [2.45, 2.75) is 6.92 Å². The average molecular weight is 149 g/mol. The molecule has 1 rings (SSSR count). The van der Waals surface area contributed by atoms with Crippen LogP contribution in [0.3, 0.4) is 0 Å². The van der Waals surface area contributed by atoms with E-state index in [2.05, 4.69) is 11.6 Å². The zero-order valence-electron chi connectivity index (χ0n) is 6.79. The van der Waals surface area contributed by atoms with E-state index in [1.807, 2.05) is 13.0 Å². The van der Waals surface area contributed by atoms with Gasteiger partial charge in [0.1, 0.15) is 11.5 Å².